The van der Waals surface area contributed by atoms with Crippen LogP contribution in [0.15, 0.2) is 0 Å². The predicted octanol–water partition coefficient (Wildman–Crippen LogP) is 3.17. The number of rotatable bonds is 5. The molecule has 1 heterocycles. The molecule has 96 valence electrons. The van der Waals surface area contributed by atoms with Crippen molar-refractivity contribution in [2.75, 3.05) is 32.8 Å². The van der Waals surface area contributed by atoms with Gasteiger partial charge in [-0.2, -0.15) is 0 Å². The van der Waals surface area contributed by atoms with Crippen molar-refractivity contribution in [3.63, 3.8) is 0 Å². The second-order valence-corrected chi connectivity index (χ2v) is 6.75. The zero-order valence-electron chi connectivity index (χ0n) is 11.8. The summed E-state index contributed by atoms with van der Waals surface area (Å²) in [5, 5.41) is 0. The normalized spacial score (nSPS) is 20.1. The smallest absolute Gasteiger partial charge is 0.0594 e. The molecule has 0 spiro atoms. The number of morpholine rings is 1. The first-order chi connectivity index (χ1) is 7.35. The van der Waals surface area contributed by atoms with E-state index >= 15 is 0 Å². The number of hydrogen-bond donors (Lipinski definition) is 0. The summed E-state index contributed by atoms with van der Waals surface area (Å²) in [4.78, 5) is 2.55. The highest BCUT2D eigenvalue weighted by molar-refractivity contribution is 4.81. The number of hydrogen-bond acceptors (Lipinski definition) is 2. The second kappa shape index (κ2) is 5.50. The Morgan fingerprint density at radius 3 is 2.06 bits per heavy atom. The van der Waals surface area contributed by atoms with Crippen LogP contribution in [0.4, 0.5) is 0 Å². The van der Waals surface area contributed by atoms with Gasteiger partial charge in [-0.15, -0.1) is 0 Å². The van der Waals surface area contributed by atoms with Gasteiger partial charge in [0.25, 0.3) is 0 Å². The van der Waals surface area contributed by atoms with Gasteiger partial charge in [0.15, 0.2) is 0 Å². The fraction of sp³-hybridized carbons (Fsp3) is 1.00. The van der Waals surface area contributed by atoms with E-state index in [-0.39, 0.29) is 0 Å². The minimum absolute atomic E-state index is 0.414. The standard InChI is InChI=1S/C14H29NO/c1-6-13(2,3)11-14(4,5)12-15-7-9-16-10-8-15/h6-12H2,1-5H3. The molecule has 1 aliphatic rings. The molecular weight excluding hydrogens is 198 g/mol. The molecule has 0 aromatic carbocycles. The Hall–Kier alpha value is -0.0800. The van der Waals surface area contributed by atoms with Crippen LogP contribution in [0.25, 0.3) is 0 Å². The maximum Gasteiger partial charge on any atom is 0.0594 e. The third kappa shape index (κ3) is 4.84. The Bertz CT molecular complexity index is 205. The SMILES string of the molecule is CCC(C)(C)CC(C)(C)CN1CCOCC1. The Kier molecular flexibility index (Phi) is 4.81. The summed E-state index contributed by atoms with van der Waals surface area (Å²) in [7, 11) is 0. The Morgan fingerprint density at radius 1 is 1.00 bits per heavy atom. The minimum Gasteiger partial charge on any atom is -0.379 e. The van der Waals surface area contributed by atoms with E-state index in [9.17, 15) is 0 Å². The van der Waals surface area contributed by atoms with Crippen LogP contribution in [0.1, 0.15) is 47.5 Å². The summed E-state index contributed by atoms with van der Waals surface area (Å²) in [5.74, 6) is 0. The molecule has 0 saturated carbocycles. The monoisotopic (exact) mass is 227 g/mol. The molecule has 0 N–H and O–H groups in total. The third-order valence-electron chi connectivity index (χ3n) is 3.67. The molecule has 0 amide bonds. The van der Waals surface area contributed by atoms with Crippen LogP contribution >= 0.6 is 0 Å². The first-order valence-electron chi connectivity index (χ1n) is 6.65. The molecule has 16 heavy (non-hydrogen) atoms. The first kappa shape index (κ1) is 14.0. The molecule has 0 radical (unpaired) electrons. The van der Waals surface area contributed by atoms with Crippen molar-refractivity contribution in [3.8, 4) is 0 Å². The molecular formula is C14H29NO. The molecule has 0 atom stereocenters. The maximum atomic E-state index is 5.39. The molecule has 0 unspecified atom stereocenters. The molecule has 1 fully saturated rings. The van der Waals surface area contributed by atoms with Crippen LogP contribution in [0.3, 0.4) is 0 Å². The van der Waals surface area contributed by atoms with E-state index in [4.69, 9.17) is 4.74 Å². The summed E-state index contributed by atoms with van der Waals surface area (Å²) in [6.45, 7) is 17.1. The van der Waals surface area contributed by atoms with Crippen molar-refractivity contribution in [1.82, 2.24) is 4.90 Å². The molecule has 0 bridgehead atoms. The molecule has 0 aliphatic carbocycles. The second-order valence-electron chi connectivity index (χ2n) is 6.75. The molecule has 2 heteroatoms. The third-order valence-corrected chi connectivity index (χ3v) is 3.67. The molecule has 2 nitrogen and oxygen atoms in total. The van der Waals surface area contributed by atoms with Crippen molar-refractivity contribution in [3.05, 3.63) is 0 Å². The number of ether oxygens (including phenoxy) is 1. The molecule has 1 saturated heterocycles. The van der Waals surface area contributed by atoms with E-state index in [0.29, 0.717) is 10.8 Å². The van der Waals surface area contributed by atoms with Gasteiger partial charge in [-0.05, 0) is 17.3 Å². The van der Waals surface area contributed by atoms with Gasteiger partial charge in [0, 0.05) is 19.6 Å². The Balaban J connectivity index is 2.43. The zero-order chi connectivity index (χ0) is 12.2. The molecule has 0 aromatic heterocycles. The highest BCUT2D eigenvalue weighted by Crippen LogP contribution is 2.36. The van der Waals surface area contributed by atoms with Crippen LogP contribution in [-0.2, 0) is 4.74 Å². The lowest BCUT2D eigenvalue weighted by atomic mass is 9.73. The van der Waals surface area contributed by atoms with Crippen molar-refractivity contribution in [2.24, 2.45) is 10.8 Å². The van der Waals surface area contributed by atoms with Crippen LogP contribution < -0.4 is 0 Å². The molecule has 1 rings (SSSR count). The van der Waals surface area contributed by atoms with E-state index in [0.717, 1.165) is 26.3 Å². The van der Waals surface area contributed by atoms with Crippen LogP contribution in [0.2, 0.25) is 0 Å². The molecule has 0 aromatic rings. The van der Waals surface area contributed by atoms with Crippen LogP contribution in [-0.4, -0.2) is 37.7 Å². The van der Waals surface area contributed by atoms with Crippen LogP contribution in [0, 0.1) is 10.8 Å². The summed E-state index contributed by atoms with van der Waals surface area (Å²) < 4.78 is 5.39. The summed E-state index contributed by atoms with van der Waals surface area (Å²) in [6.07, 6.45) is 2.56. The quantitative estimate of drug-likeness (QED) is 0.715. The first-order valence-corrected chi connectivity index (χ1v) is 6.65. The zero-order valence-corrected chi connectivity index (χ0v) is 11.8. The van der Waals surface area contributed by atoms with E-state index in [1.54, 1.807) is 0 Å². The highest BCUT2D eigenvalue weighted by atomic mass is 16.5. The Morgan fingerprint density at radius 2 is 1.56 bits per heavy atom. The van der Waals surface area contributed by atoms with E-state index < -0.39 is 0 Å². The lowest BCUT2D eigenvalue weighted by molar-refractivity contribution is 0.0137. The fourth-order valence-corrected chi connectivity index (χ4v) is 2.84. The average Bonchev–Trinajstić information content (AvgIpc) is 2.17. The van der Waals surface area contributed by atoms with Crippen molar-refractivity contribution >= 4 is 0 Å². The highest BCUT2D eigenvalue weighted by Gasteiger charge is 2.29. The van der Waals surface area contributed by atoms with Gasteiger partial charge in [-0.1, -0.05) is 41.0 Å². The fourth-order valence-electron chi connectivity index (χ4n) is 2.84. The van der Waals surface area contributed by atoms with Gasteiger partial charge >= 0.3 is 0 Å². The average molecular weight is 227 g/mol. The van der Waals surface area contributed by atoms with Gasteiger partial charge in [-0.3, -0.25) is 4.90 Å². The van der Waals surface area contributed by atoms with E-state index in [2.05, 4.69) is 39.5 Å². The van der Waals surface area contributed by atoms with E-state index in [1.165, 1.54) is 19.4 Å². The van der Waals surface area contributed by atoms with Crippen molar-refractivity contribution in [2.45, 2.75) is 47.5 Å². The van der Waals surface area contributed by atoms with Gasteiger partial charge in [-0.25, -0.2) is 0 Å². The lowest BCUT2D eigenvalue weighted by Gasteiger charge is -2.39. The largest absolute Gasteiger partial charge is 0.379 e. The summed E-state index contributed by atoms with van der Waals surface area (Å²) in [5.41, 5.74) is 0.882. The van der Waals surface area contributed by atoms with Gasteiger partial charge in [0.2, 0.25) is 0 Å². The topological polar surface area (TPSA) is 12.5 Å². The lowest BCUT2D eigenvalue weighted by Crippen LogP contribution is -2.43. The Labute approximate surface area is 101 Å². The number of nitrogens with zero attached hydrogens (tertiary/aromatic N) is 1. The van der Waals surface area contributed by atoms with Gasteiger partial charge < -0.3 is 4.74 Å². The van der Waals surface area contributed by atoms with Crippen molar-refractivity contribution < 1.29 is 4.74 Å². The predicted molar refractivity (Wildman–Crippen MR) is 69.7 cm³/mol. The van der Waals surface area contributed by atoms with Crippen molar-refractivity contribution in [1.29, 1.82) is 0 Å². The molecule has 1 aliphatic heterocycles. The van der Waals surface area contributed by atoms with Crippen LogP contribution in [0.5, 0.6) is 0 Å². The summed E-state index contributed by atoms with van der Waals surface area (Å²) in [6, 6.07) is 0. The minimum atomic E-state index is 0.414. The van der Waals surface area contributed by atoms with Gasteiger partial charge in [0.05, 0.1) is 13.2 Å². The van der Waals surface area contributed by atoms with E-state index in [1.807, 2.05) is 0 Å². The van der Waals surface area contributed by atoms with Gasteiger partial charge in [0.1, 0.15) is 0 Å². The maximum absolute atomic E-state index is 5.39. The summed E-state index contributed by atoms with van der Waals surface area (Å²) >= 11 is 0.